The van der Waals surface area contributed by atoms with Crippen molar-refractivity contribution in [2.75, 3.05) is 20.7 Å². The molecule has 9 heteroatoms. The minimum atomic E-state index is -0.653. The molecule has 3 saturated carbocycles. The van der Waals surface area contributed by atoms with Gasteiger partial charge in [-0.05, 0) is 91.5 Å². The summed E-state index contributed by atoms with van der Waals surface area (Å²) in [4.78, 5) is 43.0. The molecular weight excluding hydrogens is 654 g/mol. The Morgan fingerprint density at radius 3 is 2.40 bits per heavy atom. The number of carbonyl (C=O) groups is 3. The van der Waals surface area contributed by atoms with Crippen molar-refractivity contribution >= 4 is 28.6 Å². The maximum atomic E-state index is 14.3. The number of esters is 1. The summed E-state index contributed by atoms with van der Waals surface area (Å²) in [5.74, 6) is -0.0671. The summed E-state index contributed by atoms with van der Waals surface area (Å²) in [6.07, 6.45) is 10.6. The summed E-state index contributed by atoms with van der Waals surface area (Å²) in [7, 11) is 3.24. The highest BCUT2D eigenvalue weighted by Crippen LogP contribution is 2.47. The van der Waals surface area contributed by atoms with E-state index in [2.05, 4.69) is 30.5 Å². The van der Waals surface area contributed by atoms with Crippen molar-refractivity contribution < 1.29 is 28.6 Å². The molecule has 0 heterocycles. The Bertz CT molecular complexity index is 1930. The molecule has 2 bridgehead atoms. The summed E-state index contributed by atoms with van der Waals surface area (Å²) in [6.45, 7) is 5.03. The number of ether oxygens (including phenoxy) is 3. The summed E-state index contributed by atoms with van der Waals surface area (Å²) in [5.41, 5.74) is 1.03. The quantitative estimate of drug-likeness (QED) is 0.164. The monoisotopic (exact) mass is 703 g/mol. The van der Waals surface area contributed by atoms with Gasteiger partial charge in [0.05, 0.1) is 41.7 Å². The molecule has 272 valence electrons. The Hall–Kier alpha value is -4.84. The van der Waals surface area contributed by atoms with E-state index >= 15 is 0 Å². The Morgan fingerprint density at radius 2 is 1.69 bits per heavy atom. The van der Waals surface area contributed by atoms with Crippen LogP contribution in [-0.2, 0) is 20.9 Å². The van der Waals surface area contributed by atoms with E-state index in [9.17, 15) is 19.6 Å². The van der Waals surface area contributed by atoms with Crippen LogP contribution in [0.2, 0.25) is 0 Å². The molecule has 2 amide bonds. The second-order valence-corrected chi connectivity index (χ2v) is 16.0. The Labute approximate surface area is 306 Å². The van der Waals surface area contributed by atoms with Gasteiger partial charge >= 0.3 is 5.97 Å². The number of benzene rings is 3. The minimum Gasteiger partial charge on any atom is -0.496 e. The fraction of sp³-hybridized carbons (Fsp3) is 0.488. The molecular formula is C43H49N3O6. The standard InChI is InChI=1S/C43H49N3O6/c1-42(17-8-18-42)26-45-39(47)37-28-13-14-29(21-28)38(37)46(3)40(48)34-23-35(31(24-44)22-36(34)50-4)52-32-15-19-43(2,20-16-32)41(49)51-25-30-11-7-10-27-9-5-6-12-33(27)30/h5-7,9-14,22-23,28-29,32,37-38H,8,15-21,25-26H2,1-4H3,(H,45,47)/t28-,29+,32?,37+,38-,43?/m1/s1. The largest absolute Gasteiger partial charge is 0.496 e. The van der Waals surface area contributed by atoms with Crippen LogP contribution in [0.1, 0.15) is 86.7 Å². The Balaban J connectivity index is 1.02. The van der Waals surface area contributed by atoms with Crippen LogP contribution in [0.3, 0.4) is 0 Å². The molecule has 4 atom stereocenters. The molecule has 0 saturated heterocycles. The molecule has 1 N–H and O–H groups in total. The van der Waals surface area contributed by atoms with Crippen molar-refractivity contribution in [3.05, 3.63) is 83.4 Å². The van der Waals surface area contributed by atoms with Gasteiger partial charge in [-0.1, -0.05) is 68.0 Å². The smallest absolute Gasteiger partial charge is 0.312 e. The zero-order chi connectivity index (χ0) is 36.6. The van der Waals surface area contributed by atoms with Gasteiger partial charge in [-0.2, -0.15) is 5.26 Å². The van der Waals surface area contributed by atoms with E-state index in [1.807, 2.05) is 49.4 Å². The van der Waals surface area contributed by atoms with Crippen LogP contribution in [0.25, 0.3) is 10.8 Å². The van der Waals surface area contributed by atoms with Crippen LogP contribution in [0.4, 0.5) is 0 Å². The highest BCUT2D eigenvalue weighted by molar-refractivity contribution is 5.98. The van der Waals surface area contributed by atoms with Gasteiger partial charge in [0.15, 0.2) is 0 Å². The molecule has 7 rings (SSSR count). The van der Waals surface area contributed by atoms with Gasteiger partial charge < -0.3 is 24.4 Å². The third-order valence-electron chi connectivity index (χ3n) is 12.5. The van der Waals surface area contributed by atoms with Gasteiger partial charge in [0, 0.05) is 19.7 Å². The second kappa shape index (κ2) is 14.3. The first-order valence-corrected chi connectivity index (χ1v) is 18.7. The number of nitrogens with zero attached hydrogens (tertiary/aromatic N) is 2. The highest BCUT2D eigenvalue weighted by Gasteiger charge is 2.51. The normalized spacial score (nSPS) is 26.9. The Morgan fingerprint density at radius 1 is 0.962 bits per heavy atom. The zero-order valence-corrected chi connectivity index (χ0v) is 30.7. The molecule has 0 aliphatic heterocycles. The lowest BCUT2D eigenvalue weighted by atomic mass is 9.70. The maximum Gasteiger partial charge on any atom is 0.312 e. The number of methoxy groups -OCH3 is 1. The van der Waals surface area contributed by atoms with Gasteiger partial charge in [0.2, 0.25) is 5.91 Å². The predicted molar refractivity (Wildman–Crippen MR) is 198 cm³/mol. The highest BCUT2D eigenvalue weighted by atomic mass is 16.5. The molecule has 52 heavy (non-hydrogen) atoms. The number of hydrogen-bond donors (Lipinski definition) is 1. The number of hydrogen-bond acceptors (Lipinski definition) is 7. The first-order chi connectivity index (χ1) is 25.0. The molecule has 4 aliphatic rings. The van der Waals surface area contributed by atoms with E-state index in [0.717, 1.165) is 35.6 Å². The van der Waals surface area contributed by atoms with Crippen LogP contribution in [0.5, 0.6) is 11.5 Å². The van der Waals surface area contributed by atoms with E-state index in [1.165, 1.54) is 13.5 Å². The number of carbonyl (C=O) groups excluding carboxylic acids is 3. The van der Waals surface area contributed by atoms with E-state index in [-0.39, 0.29) is 76.6 Å². The van der Waals surface area contributed by atoms with Gasteiger partial charge in [0.1, 0.15) is 24.2 Å². The predicted octanol–water partition coefficient (Wildman–Crippen LogP) is 7.36. The molecule has 4 aliphatic carbocycles. The fourth-order valence-corrected chi connectivity index (χ4v) is 8.92. The van der Waals surface area contributed by atoms with E-state index < -0.39 is 5.41 Å². The maximum absolute atomic E-state index is 14.3. The summed E-state index contributed by atoms with van der Waals surface area (Å²) in [6, 6.07) is 19.1. The molecule has 9 nitrogen and oxygen atoms in total. The first-order valence-electron chi connectivity index (χ1n) is 18.7. The van der Waals surface area contributed by atoms with E-state index in [0.29, 0.717) is 38.0 Å². The Kier molecular flexibility index (Phi) is 9.77. The van der Waals surface area contributed by atoms with Crippen LogP contribution in [0.15, 0.2) is 66.7 Å². The van der Waals surface area contributed by atoms with Gasteiger partial charge in [0.25, 0.3) is 5.91 Å². The van der Waals surface area contributed by atoms with Crippen LogP contribution in [0, 0.1) is 39.9 Å². The van der Waals surface area contributed by atoms with Gasteiger partial charge in [-0.15, -0.1) is 0 Å². The average molecular weight is 704 g/mol. The molecule has 3 aromatic carbocycles. The number of fused-ring (bicyclic) bond motifs is 3. The third kappa shape index (κ3) is 6.76. The van der Waals surface area contributed by atoms with Crippen LogP contribution in [-0.4, -0.2) is 55.5 Å². The molecule has 0 radical (unpaired) electrons. The number of amides is 2. The van der Waals surface area contributed by atoms with Crippen LogP contribution < -0.4 is 14.8 Å². The van der Waals surface area contributed by atoms with Crippen molar-refractivity contribution in [1.29, 1.82) is 5.26 Å². The molecule has 0 aromatic heterocycles. The number of nitriles is 1. The minimum absolute atomic E-state index is 0.00665. The van der Waals surface area contributed by atoms with Crippen molar-refractivity contribution in [3.8, 4) is 17.6 Å². The number of rotatable bonds is 11. The fourth-order valence-electron chi connectivity index (χ4n) is 8.92. The molecule has 0 unspecified atom stereocenters. The third-order valence-corrected chi connectivity index (χ3v) is 12.5. The number of nitrogens with one attached hydrogen (secondary N) is 1. The van der Waals surface area contributed by atoms with Crippen molar-refractivity contribution in [1.82, 2.24) is 10.2 Å². The second-order valence-electron chi connectivity index (χ2n) is 16.0. The summed E-state index contributed by atoms with van der Waals surface area (Å²) < 4.78 is 17.9. The topological polar surface area (TPSA) is 118 Å². The summed E-state index contributed by atoms with van der Waals surface area (Å²) >= 11 is 0. The van der Waals surface area contributed by atoms with Crippen molar-refractivity contribution in [2.45, 2.75) is 84.0 Å². The summed E-state index contributed by atoms with van der Waals surface area (Å²) in [5, 5.41) is 15.5. The first kappa shape index (κ1) is 35.6. The lowest BCUT2D eigenvalue weighted by Gasteiger charge is -2.40. The zero-order valence-electron chi connectivity index (χ0n) is 30.7. The van der Waals surface area contributed by atoms with Crippen molar-refractivity contribution in [2.24, 2.45) is 28.6 Å². The molecule has 3 aromatic rings. The number of allylic oxidation sites excluding steroid dienone is 1. The molecule has 3 fully saturated rings. The molecule has 0 spiro atoms. The lowest BCUT2D eigenvalue weighted by Crippen LogP contribution is -2.51. The van der Waals surface area contributed by atoms with E-state index in [1.54, 1.807) is 24.1 Å². The van der Waals surface area contributed by atoms with Crippen LogP contribution >= 0.6 is 0 Å². The lowest BCUT2D eigenvalue weighted by molar-refractivity contribution is -0.159. The SMILES string of the molecule is COc1cc(C#N)c(OC2CCC(C)(C(=O)OCc3cccc4ccccc34)CC2)cc1C(=O)N(C)[C@H]1[C@@H](C(=O)NCC2(C)CCC2)[C@@H]2C=C[C@H]1C2. The van der Waals surface area contributed by atoms with Crippen molar-refractivity contribution in [3.63, 3.8) is 0 Å². The van der Waals surface area contributed by atoms with Gasteiger partial charge in [-0.3, -0.25) is 14.4 Å². The van der Waals surface area contributed by atoms with E-state index in [4.69, 9.17) is 14.2 Å². The van der Waals surface area contributed by atoms with Gasteiger partial charge in [-0.25, -0.2) is 0 Å². The average Bonchev–Trinajstić information content (AvgIpc) is 3.78.